The van der Waals surface area contributed by atoms with Crippen molar-refractivity contribution < 1.29 is 52.2 Å². The number of carbonyl (C=O) groups is 3. The van der Waals surface area contributed by atoms with E-state index in [1.165, 1.54) is 0 Å². The fourth-order valence-corrected chi connectivity index (χ4v) is 6.98. The Bertz CT molecular complexity index is 1680. The number of aliphatic hydroxyl groups excluding tert-OH is 1. The van der Waals surface area contributed by atoms with Crippen LogP contribution in [0.15, 0.2) is 134 Å². The van der Waals surface area contributed by atoms with Crippen LogP contribution in [0.2, 0.25) is 0 Å². The molecular formula is C58H91O11P. The second-order valence-electron chi connectivity index (χ2n) is 16.5. The maximum atomic E-state index is 12.9. The van der Waals surface area contributed by atoms with Gasteiger partial charge in [0.05, 0.1) is 19.8 Å². The fourth-order valence-electron chi connectivity index (χ4n) is 6.20. The lowest BCUT2D eigenvalue weighted by molar-refractivity contribution is -0.161. The Balaban J connectivity index is 4.91. The summed E-state index contributed by atoms with van der Waals surface area (Å²) in [4.78, 5) is 48.3. The van der Waals surface area contributed by atoms with Crippen molar-refractivity contribution in [1.82, 2.24) is 0 Å². The maximum Gasteiger partial charge on any atom is 0.472 e. The lowest BCUT2D eigenvalue weighted by atomic mass is 10.1. The first-order valence-electron chi connectivity index (χ1n) is 26.1. The molecule has 0 aliphatic heterocycles. The summed E-state index contributed by atoms with van der Waals surface area (Å²) in [5, 5.41) is 9.76. The van der Waals surface area contributed by atoms with Crippen LogP contribution in [-0.4, -0.2) is 66.5 Å². The number of phosphoric acid groups is 1. The topological polar surface area (TPSA) is 155 Å². The van der Waals surface area contributed by atoms with E-state index in [-0.39, 0.29) is 25.9 Å². The predicted octanol–water partition coefficient (Wildman–Crippen LogP) is 15.0. The molecule has 0 spiro atoms. The van der Waals surface area contributed by atoms with Gasteiger partial charge in [0.1, 0.15) is 12.7 Å². The number of carbonyl (C=O) groups excluding carboxylic acids is 3. The molecule has 0 aromatic carbocycles. The van der Waals surface area contributed by atoms with Crippen molar-refractivity contribution in [2.45, 2.75) is 187 Å². The third-order valence-corrected chi connectivity index (χ3v) is 11.0. The van der Waals surface area contributed by atoms with Crippen LogP contribution in [-0.2, 0) is 42.2 Å². The molecule has 0 aliphatic carbocycles. The van der Waals surface area contributed by atoms with Crippen LogP contribution in [0.5, 0.6) is 0 Å². The van der Waals surface area contributed by atoms with Gasteiger partial charge < -0.3 is 24.2 Å². The first-order valence-corrected chi connectivity index (χ1v) is 27.6. The van der Waals surface area contributed by atoms with Gasteiger partial charge in [-0.3, -0.25) is 23.4 Å². The van der Waals surface area contributed by atoms with E-state index in [1.807, 2.05) is 18.2 Å². The molecule has 0 rings (SSSR count). The van der Waals surface area contributed by atoms with Gasteiger partial charge in [0.2, 0.25) is 0 Å². The van der Waals surface area contributed by atoms with Crippen LogP contribution in [0.1, 0.15) is 175 Å². The molecule has 0 fully saturated rings. The van der Waals surface area contributed by atoms with Gasteiger partial charge in [-0.2, -0.15) is 0 Å². The second kappa shape index (κ2) is 51.0. The smallest absolute Gasteiger partial charge is 0.462 e. The van der Waals surface area contributed by atoms with E-state index in [2.05, 4.69) is 136 Å². The van der Waals surface area contributed by atoms with E-state index in [4.69, 9.17) is 23.3 Å². The molecule has 0 aromatic rings. The first-order chi connectivity index (χ1) is 34.2. The monoisotopic (exact) mass is 995 g/mol. The molecule has 3 atom stereocenters. The van der Waals surface area contributed by atoms with Crippen molar-refractivity contribution in [3.05, 3.63) is 134 Å². The number of esters is 3. The number of unbranched alkanes of at least 4 members (excludes halogenated alkanes) is 7. The number of rotatable bonds is 46. The summed E-state index contributed by atoms with van der Waals surface area (Å²) in [5.41, 5.74) is 0. The summed E-state index contributed by atoms with van der Waals surface area (Å²) < 4.78 is 39.2. The summed E-state index contributed by atoms with van der Waals surface area (Å²) in [6.07, 6.45) is 63.0. The Morgan fingerprint density at radius 2 is 0.729 bits per heavy atom. The van der Waals surface area contributed by atoms with Crippen molar-refractivity contribution in [2.75, 3.05) is 26.4 Å². The molecule has 394 valence electrons. The molecule has 0 amide bonds. The van der Waals surface area contributed by atoms with E-state index >= 15 is 0 Å². The predicted molar refractivity (Wildman–Crippen MR) is 288 cm³/mol. The van der Waals surface area contributed by atoms with E-state index in [0.717, 1.165) is 116 Å². The van der Waals surface area contributed by atoms with E-state index in [9.17, 15) is 28.9 Å². The van der Waals surface area contributed by atoms with Gasteiger partial charge in [-0.15, -0.1) is 0 Å². The molecule has 0 aliphatic rings. The highest BCUT2D eigenvalue weighted by Crippen LogP contribution is 2.43. The highest BCUT2D eigenvalue weighted by Gasteiger charge is 2.28. The molecule has 70 heavy (non-hydrogen) atoms. The number of hydrogen-bond donors (Lipinski definition) is 2. The minimum absolute atomic E-state index is 0.0446. The number of aliphatic hydroxyl groups is 1. The SMILES string of the molecule is CC/C=C\C/C=C\C/C=C\C/C=C\CCCCCCC(=O)OC(COC(=O)CCCCC/C=C\C/C=C\C/C=C\CC)COP(=O)(O)OCC(CO)OC(=O)CC/C=C\C/C=C\C/C=C\C/C=C\CC. The van der Waals surface area contributed by atoms with E-state index in [0.29, 0.717) is 19.3 Å². The summed E-state index contributed by atoms with van der Waals surface area (Å²) >= 11 is 0. The number of phosphoric ester groups is 1. The molecule has 0 saturated carbocycles. The van der Waals surface area contributed by atoms with Gasteiger partial charge in [-0.25, -0.2) is 4.57 Å². The lowest BCUT2D eigenvalue weighted by Gasteiger charge is -2.21. The zero-order chi connectivity index (χ0) is 51.3. The maximum absolute atomic E-state index is 12.9. The Morgan fingerprint density at radius 1 is 0.400 bits per heavy atom. The van der Waals surface area contributed by atoms with Gasteiger partial charge in [-0.05, 0) is 116 Å². The quantitative estimate of drug-likeness (QED) is 0.0197. The molecule has 0 radical (unpaired) electrons. The molecule has 0 bridgehead atoms. The van der Waals surface area contributed by atoms with Crippen LogP contribution in [0.25, 0.3) is 0 Å². The Hall–Kier alpha value is -4.38. The first kappa shape index (κ1) is 65.6. The zero-order valence-electron chi connectivity index (χ0n) is 43.2. The van der Waals surface area contributed by atoms with Crippen LogP contribution in [0, 0.1) is 0 Å². The van der Waals surface area contributed by atoms with Crippen molar-refractivity contribution in [3.63, 3.8) is 0 Å². The third kappa shape index (κ3) is 48.6. The molecule has 0 heterocycles. The highest BCUT2D eigenvalue weighted by atomic mass is 31.2. The minimum Gasteiger partial charge on any atom is -0.462 e. The summed E-state index contributed by atoms with van der Waals surface area (Å²) in [5.74, 6) is -1.64. The molecule has 12 heteroatoms. The Morgan fingerprint density at radius 3 is 1.16 bits per heavy atom. The number of allylic oxidation sites excluding steroid dienone is 22. The van der Waals surface area contributed by atoms with Gasteiger partial charge >= 0.3 is 25.7 Å². The van der Waals surface area contributed by atoms with Crippen molar-refractivity contribution in [1.29, 1.82) is 0 Å². The molecular weight excluding hydrogens is 904 g/mol. The molecule has 2 N–H and O–H groups in total. The largest absolute Gasteiger partial charge is 0.472 e. The number of hydrogen-bond acceptors (Lipinski definition) is 10. The highest BCUT2D eigenvalue weighted by molar-refractivity contribution is 7.47. The third-order valence-electron chi connectivity index (χ3n) is 10.1. The van der Waals surface area contributed by atoms with Gasteiger partial charge in [0.25, 0.3) is 0 Å². The Labute approximate surface area is 423 Å². The summed E-state index contributed by atoms with van der Waals surface area (Å²) in [6, 6.07) is 0. The van der Waals surface area contributed by atoms with Gasteiger partial charge in [-0.1, -0.05) is 174 Å². The fraction of sp³-hybridized carbons (Fsp3) is 0.569. The van der Waals surface area contributed by atoms with Crippen molar-refractivity contribution >= 4 is 25.7 Å². The molecule has 3 unspecified atom stereocenters. The second-order valence-corrected chi connectivity index (χ2v) is 18.0. The average Bonchev–Trinajstić information content (AvgIpc) is 3.35. The molecule has 11 nitrogen and oxygen atoms in total. The normalized spacial score (nSPS) is 14.5. The van der Waals surface area contributed by atoms with Crippen LogP contribution in [0.3, 0.4) is 0 Å². The summed E-state index contributed by atoms with van der Waals surface area (Å²) in [7, 11) is -4.78. The standard InChI is InChI=1S/C58H91O11P/c1-4-7-10-13-16-19-22-25-26-27-28-31-34-37-40-43-46-49-58(62)69-55(51-65-56(60)47-44-41-38-35-32-29-23-20-17-14-11-8-5-2)53-67-70(63,64)66-52-54(50-59)68-57(61)48-45-42-39-36-33-30-24-21-18-15-12-9-6-3/h7-12,16-21,25-26,28-33,39,42,54-55,59H,4-6,13-15,22-24,27,34-38,40-41,43-53H2,1-3H3,(H,63,64)/b10-7-,11-8-,12-9-,19-16-,20-17-,21-18-,26-25-,31-28-,32-29-,33-30-,42-39-. The van der Waals surface area contributed by atoms with E-state index in [1.54, 1.807) is 0 Å². The van der Waals surface area contributed by atoms with Crippen LogP contribution < -0.4 is 0 Å². The zero-order valence-corrected chi connectivity index (χ0v) is 44.1. The minimum atomic E-state index is -4.78. The van der Waals surface area contributed by atoms with Crippen molar-refractivity contribution in [2.24, 2.45) is 0 Å². The van der Waals surface area contributed by atoms with Crippen molar-refractivity contribution in [3.8, 4) is 0 Å². The number of ether oxygens (including phenoxy) is 3. The van der Waals surface area contributed by atoms with Crippen LogP contribution in [0.4, 0.5) is 0 Å². The lowest BCUT2D eigenvalue weighted by Crippen LogP contribution is -2.30. The Kier molecular flexibility index (Phi) is 47.8. The van der Waals surface area contributed by atoms with Gasteiger partial charge in [0.15, 0.2) is 6.10 Å². The molecule has 0 aromatic heterocycles. The summed E-state index contributed by atoms with van der Waals surface area (Å²) in [6.45, 7) is 4.11. The van der Waals surface area contributed by atoms with Crippen LogP contribution >= 0.6 is 7.82 Å². The average molecular weight is 995 g/mol. The van der Waals surface area contributed by atoms with Gasteiger partial charge in [0, 0.05) is 19.3 Å². The molecule has 0 saturated heterocycles. The van der Waals surface area contributed by atoms with E-state index < -0.39 is 57.8 Å².